The van der Waals surface area contributed by atoms with Crippen LogP contribution in [0.5, 0.6) is 0 Å². The molecule has 1 aromatic heterocycles. The molecule has 7 heteroatoms. The molecule has 1 fully saturated rings. The third-order valence-electron chi connectivity index (χ3n) is 6.11. The third kappa shape index (κ3) is 6.85. The van der Waals surface area contributed by atoms with E-state index in [-0.39, 0.29) is 29.1 Å². The molecule has 0 bridgehead atoms. The highest BCUT2D eigenvalue weighted by atomic mass is 32.1. The molecule has 6 nitrogen and oxygen atoms in total. The number of esters is 1. The lowest BCUT2D eigenvalue weighted by Gasteiger charge is -2.38. The summed E-state index contributed by atoms with van der Waals surface area (Å²) in [6, 6.07) is 1.04. The van der Waals surface area contributed by atoms with Crippen molar-refractivity contribution in [3.8, 4) is 11.8 Å². The van der Waals surface area contributed by atoms with Crippen LogP contribution in [-0.4, -0.2) is 49.9 Å². The van der Waals surface area contributed by atoms with E-state index in [4.69, 9.17) is 4.74 Å². The summed E-state index contributed by atoms with van der Waals surface area (Å²) >= 11 is 1.21. The van der Waals surface area contributed by atoms with Gasteiger partial charge in [0.25, 0.3) is 0 Å². The summed E-state index contributed by atoms with van der Waals surface area (Å²) in [6.45, 7) is 12.1. The van der Waals surface area contributed by atoms with Crippen LogP contribution in [0.2, 0.25) is 0 Å². The Bertz CT molecular complexity index is 953. The molecule has 1 aliphatic carbocycles. The van der Waals surface area contributed by atoms with Gasteiger partial charge in [-0.1, -0.05) is 32.6 Å². The molecule has 1 atom stereocenters. The van der Waals surface area contributed by atoms with Gasteiger partial charge in [-0.3, -0.25) is 14.5 Å². The smallest absolute Gasteiger partial charge is 0.350 e. The lowest BCUT2D eigenvalue weighted by atomic mass is 9.81. The molecule has 1 saturated carbocycles. The van der Waals surface area contributed by atoms with E-state index < -0.39 is 12.0 Å². The molecular formula is C27H40N2O4S. The van der Waals surface area contributed by atoms with E-state index >= 15 is 0 Å². The first kappa shape index (κ1) is 27.9. The maximum Gasteiger partial charge on any atom is 0.350 e. The summed E-state index contributed by atoms with van der Waals surface area (Å²) in [5.74, 6) is 5.80. The van der Waals surface area contributed by atoms with Crippen molar-refractivity contribution in [2.24, 2.45) is 23.2 Å². The van der Waals surface area contributed by atoms with Crippen molar-refractivity contribution in [2.45, 2.75) is 73.3 Å². The van der Waals surface area contributed by atoms with Gasteiger partial charge >= 0.3 is 5.97 Å². The van der Waals surface area contributed by atoms with Crippen LogP contribution in [0.4, 0.5) is 5.69 Å². The van der Waals surface area contributed by atoms with E-state index in [0.29, 0.717) is 21.4 Å². The van der Waals surface area contributed by atoms with Crippen LogP contribution < -0.4 is 4.90 Å². The van der Waals surface area contributed by atoms with Crippen molar-refractivity contribution < 1.29 is 19.1 Å². The molecular weight excluding hydrogens is 448 g/mol. The highest BCUT2D eigenvalue weighted by Gasteiger charge is 2.40. The first-order valence-electron chi connectivity index (χ1n) is 12.1. The molecule has 188 valence electrons. The second-order valence-corrected chi connectivity index (χ2v) is 12.0. The molecule has 0 aliphatic heterocycles. The fourth-order valence-corrected chi connectivity index (χ4v) is 5.10. The van der Waals surface area contributed by atoms with E-state index in [9.17, 15) is 14.4 Å². The minimum absolute atomic E-state index is 0.0981. The van der Waals surface area contributed by atoms with Crippen LogP contribution >= 0.6 is 11.3 Å². The quantitative estimate of drug-likeness (QED) is 0.408. The Kier molecular flexibility index (Phi) is 9.36. The van der Waals surface area contributed by atoms with Crippen molar-refractivity contribution in [1.82, 2.24) is 4.90 Å². The highest BCUT2D eigenvalue weighted by molar-refractivity contribution is 7.15. The molecule has 0 aromatic carbocycles. The maximum atomic E-state index is 14.0. The molecule has 34 heavy (non-hydrogen) atoms. The van der Waals surface area contributed by atoms with Crippen molar-refractivity contribution in [1.29, 1.82) is 0 Å². The van der Waals surface area contributed by atoms with Gasteiger partial charge in [0, 0.05) is 25.4 Å². The number of carbonyl (C=O) groups excluding carboxylic acids is 3. The maximum absolute atomic E-state index is 14.0. The molecule has 0 N–H and O–H groups in total. The predicted molar refractivity (Wildman–Crippen MR) is 138 cm³/mol. The van der Waals surface area contributed by atoms with Gasteiger partial charge in [-0.2, -0.15) is 0 Å². The van der Waals surface area contributed by atoms with E-state index in [1.165, 1.54) is 23.3 Å². The van der Waals surface area contributed by atoms with Crippen molar-refractivity contribution in [3.05, 3.63) is 15.8 Å². The molecule has 0 spiro atoms. The number of rotatable bonds is 6. The number of anilines is 1. The van der Waals surface area contributed by atoms with Crippen LogP contribution in [0.15, 0.2) is 6.07 Å². The SMILES string of the molecule is COC(=O)c1sc(C#CC(C)(C)C)cc1N(C(=O)[C@H]1CC[C@H](C)CC1)C(C(=O)N(C)C)C(C)C. The Morgan fingerprint density at radius 3 is 2.18 bits per heavy atom. The van der Waals surface area contributed by atoms with Crippen molar-refractivity contribution >= 4 is 34.8 Å². The number of amides is 2. The zero-order valence-corrected chi connectivity index (χ0v) is 23.0. The van der Waals surface area contributed by atoms with Gasteiger partial charge in [-0.25, -0.2) is 4.79 Å². The number of hydrogen-bond acceptors (Lipinski definition) is 5. The predicted octanol–water partition coefficient (Wildman–Crippen LogP) is 5.20. The van der Waals surface area contributed by atoms with Gasteiger partial charge in [0.1, 0.15) is 10.9 Å². The summed E-state index contributed by atoms with van der Waals surface area (Å²) in [6.07, 6.45) is 3.53. The van der Waals surface area contributed by atoms with E-state index in [1.807, 2.05) is 34.6 Å². The van der Waals surface area contributed by atoms with E-state index in [2.05, 4.69) is 18.8 Å². The average molecular weight is 489 g/mol. The van der Waals surface area contributed by atoms with Crippen LogP contribution in [0.3, 0.4) is 0 Å². The molecule has 2 rings (SSSR count). The summed E-state index contributed by atoms with van der Waals surface area (Å²) in [4.78, 5) is 44.2. The molecule has 0 radical (unpaired) electrons. The third-order valence-corrected chi connectivity index (χ3v) is 7.13. The summed E-state index contributed by atoms with van der Waals surface area (Å²) in [5, 5.41) is 0. The van der Waals surface area contributed by atoms with E-state index in [1.54, 1.807) is 25.1 Å². The fourth-order valence-electron chi connectivity index (χ4n) is 4.18. The van der Waals surface area contributed by atoms with Gasteiger partial charge in [-0.15, -0.1) is 11.3 Å². The number of carbonyl (C=O) groups is 3. The normalized spacial score (nSPS) is 19.1. The van der Waals surface area contributed by atoms with E-state index in [0.717, 1.165) is 25.7 Å². The number of likely N-dealkylation sites (N-methyl/N-ethyl adjacent to an activating group) is 1. The second kappa shape index (κ2) is 11.4. The molecule has 0 saturated heterocycles. The molecule has 1 aliphatic rings. The largest absolute Gasteiger partial charge is 0.465 e. The zero-order chi connectivity index (χ0) is 25.8. The highest BCUT2D eigenvalue weighted by Crippen LogP contribution is 2.38. The Labute approximate surface area is 209 Å². The monoisotopic (exact) mass is 488 g/mol. The molecule has 1 heterocycles. The molecule has 1 aromatic rings. The summed E-state index contributed by atoms with van der Waals surface area (Å²) in [5.41, 5.74) is 0.207. The number of methoxy groups -OCH3 is 1. The van der Waals surface area contributed by atoms with Gasteiger partial charge in [0.15, 0.2) is 0 Å². The topological polar surface area (TPSA) is 66.9 Å². The first-order valence-corrected chi connectivity index (χ1v) is 12.9. The van der Waals surface area contributed by atoms with Gasteiger partial charge in [-0.05, 0) is 64.4 Å². The molecule has 2 amide bonds. The Hall–Kier alpha value is -2.33. The Morgan fingerprint density at radius 1 is 1.12 bits per heavy atom. The summed E-state index contributed by atoms with van der Waals surface area (Å²) in [7, 11) is 4.71. The van der Waals surface area contributed by atoms with Crippen molar-refractivity contribution in [3.63, 3.8) is 0 Å². The van der Waals surface area contributed by atoms with Crippen LogP contribution in [0.25, 0.3) is 0 Å². The molecule has 1 unspecified atom stereocenters. The average Bonchev–Trinajstić information content (AvgIpc) is 3.18. The van der Waals surface area contributed by atoms with Gasteiger partial charge in [0.05, 0.1) is 17.7 Å². The number of ether oxygens (including phenoxy) is 1. The zero-order valence-electron chi connectivity index (χ0n) is 22.2. The first-order chi connectivity index (χ1) is 15.8. The van der Waals surface area contributed by atoms with Crippen LogP contribution in [0.1, 0.15) is 81.8 Å². The fraction of sp³-hybridized carbons (Fsp3) is 0.667. The van der Waals surface area contributed by atoms with Crippen LogP contribution in [0, 0.1) is 35.0 Å². The lowest BCUT2D eigenvalue weighted by molar-refractivity contribution is -0.134. The minimum atomic E-state index is -0.733. The van der Waals surface area contributed by atoms with Crippen molar-refractivity contribution in [2.75, 3.05) is 26.1 Å². The second-order valence-electron chi connectivity index (χ2n) is 10.9. The van der Waals surface area contributed by atoms with Crippen LogP contribution in [-0.2, 0) is 14.3 Å². The number of nitrogens with zero attached hydrogens (tertiary/aromatic N) is 2. The van der Waals surface area contributed by atoms with Gasteiger partial charge in [0.2, 0.25) is 11.8 Å². The minimum Gasteiger partial charge on any atom is -0.465 e. The summed E-state index contributed by atoms with van der Waals surface area (Å²) < 4.78 is 5.06. The number of hydrogen-bond donors (Lipinski definition) is 0. The Morgan fingerprint density at radius 2 is 1.71 bits per heavy atom. The number of thiophene rings is 1. The standard InChI is InChI=1S/C27H40N2O4S/c1-17(2)22(25(31)28(7)8)29(24(30)19-12-10-18(3)11-13-19)21-16-20(14-15-27(4,5)6)34-23(21)26(32)33-9/h16-19,22H,10-13H2,1-9H3/t18-,19-,22?. The van der Waals surface area contributed by atoms with Gasteiger partial charge < -0.3 is 9.64 Å². The lowest BCUT2D eigenvalue weighted by Crippen LogP contribution is -2.54. The Balaban J connectivity index is 2.70.